The van der Waals surface area contributed by atoms with Gasteiger partial charge in [-0.15, -0.1) is 10.2 Å². The van der Waals surface area contributed by atoms with Crippen LogP contribution in [0.2, 0.25) is 0 Å². The minimum Gasteiger partial charge on any atom is -0.417 e. The molecule has 0 atom stereocenters. The van der Waals surface area contributed by atoms with Gasteiger partial charge in [0.2, 0.25) is 5.89 Å². The number of hydrogen-bond donors (Lipinski definition) is 1. The van der Waals surface area contributed by atoms with Gasteiger partial charge in [0.05, 0.1) is 5.56 Å². The second-order valence-corrected chi connectivity index (χ2v) is 4.63. The monoisotopic (exact) mass is 299 g/mol. The summed E-state index contributed by atoms with van der Waals surface area (Å²) in [5.74, 6) is -0.818. The lowest BCUT2D eigenvalue weighted by Crippen LogP contribution is -2.13. The summed E-state index contributed by atoms with van der Waals surface area (Å²) in [7, 11) is 0. The van der Waals surface area contributed by atoms with Gasteiger partial charge in [0.25, 0.3) is 0 Å². The van der Waals surface area contributed by atoms with E-state index in [1.165, 1.54) is 12.1 Å². The minimum absolute atomic E-state index is 0.000813. The Labute approximate surface area is 118 Å². The van der Waals surface area contributed by atoms with Gasteiger partial charge in [0.15, 0.2) is 0 Å². The molecule has 8 heteroatoms. The van der Waals surface area contributed by atoms with Crippen molar-refractivity contribution in [2.24, 2.45) is 0 Å². The summed E-state index contributed by atoms with van der Waals surface area (Å²) in [6.45, 7) is 3.62. The molecule has 0 fully saturated rings. The molecule has 0 aliphatic heterocycles. The first-order valence-electron chi connectivity index (χ1n) is 6.09. The smallest absolute Gasteiger partial charge is 0.416 e. The van der Waals surface area contributed by atoms with E-state index in [2.05, 4.69) is 15.5 Å². The zero-order chi connectivity index (χ0) is 15.6. The number of nitrogens with one attached hydrogen (secondary N) is 1. The highest BCUT2D eigenvalue weighted by Crippen LogP contribution is 2.30. The molecule has 1 aromatic heterocycles. The molecule has 1 amide bonds. The van der Waals surface area contributed by atoms with Crippen molar-refractivity contribution in [3.63, 3.8) is 0 Å². The molecule has 0 bridgehead atoms. The Bertz CT molecular complexity index is 650. The number of nitrogens with zero attached hydrogens (tertiary/aromatic N) is 2. The molecule has 0 saturated heterocycles. The van der Waals surface area contributed by atoms with E-state index in [1.807, 2.05) is 13.8 Å². The fourth-order valence-electron chi connectivity index (χ4n) is 1.52. The Balaban J connectivity index is 2.15. The van der Waals surface area contributed by atoms with Crippen LogP contribution >= 0.6 is 0 Å². The van der Waals surface area contributed by atoms with Crippen LogP contribution in [0.15, 0.2) is 28.7 Å². The number of benzene rings is 1. The van der Waals surface area contributed by atoms with E-state index in [9.17, 15) is 18.0 Å². The van der Waals surface area contributed by atoms with E-state index in [0.29, 0.717) is 0 Å². The number of alkyl halides is 3. The van der Waals surface area contributed by atoms with E-state index in [-0.39, 0.29) is 23.4 Å². The van der Waals surface area contributed by atoms with E-state index in [4.69, 9.17) is 4.42 Å². The first-order valence-corrected chi connectivity index (χ1v) is 6.09. The number of rotatable bonds is 3. The number of aromatic nitrogens is 2. The van der Waals surface area contributed by atoms with Gasteiger partial charge in [0, 0.05) is 11.6 Å². The van der Waals surface area contributed by atoms with Gasteiger partial charge in [-0.05, 0) is 18.2 Å². The Morgan fingerprint density at radius 3 is 2.57 bits per heavy atom. The Morgan fingerprint density at radius 1 is 1.29 bits per heavy atom. The van der Waals surface area contributed by atoms with Gasteiger partial charge >= 0.3 is 18.0 Å². The average Bonchev–Trinajstić information content (AvgIpc) is 2.88. The zero-order valence-electron chi connectivity index (χ0n) is 11.2. The van der Waals surface area contributed by atoms with Crippen LogP contribution in [0.5, 0.6) is 0 Å². The van der Waals surface area contributed by atoms with E-state index in [1.54, 1.807) is 0 Å². The van der Waals surface area contributed by atoms with Gasteiger partial charge in [-0.3, -0.25) is 4.79 Å². The molecular formula is C13H12F3N3O2. The van der Waals surface area contributed by atoms with Crippen molar-refractivity contribution in [1.82, 2.24) is 10.2 Å². The maximum absolute atomic E-state index is 12.6. The Hall–Kier alpha value is -2.38. The van der Waals surface area contributed by atoms with Crippen LogP contribution in [-0.4, -0.2) is 16.1 Å². The highest BCUT2D eigenvalue weighted by atomic mass is 19.4. The molecule has 0 unspecified atom stereocenters. The summed E-state index contributed by atoms with van der Waals surface area (Å²) in [6.07, 6.45) is -4.48. The molecule has 0 radical (unpaired) electrons. The first-order chi connectivity index (χ1) is 9.77. The highest BCUT2D eigenvalue weighted by molar-refractivity contribution is 6.00. The van der Waals surface area contributed by atoms with E-state index in [0.717, 1.165) is 12.1 Å². The standard InChI is InChI=1S/C13H12F3N3O2/c1-7(2)11-18-19-12(21-11)10(20)17-9-5-3-4-8(6-9)13(14,15)16/h3-7H,1-2H3,(H,17,20). The second-order valence-electron chi connectivity index (χ2n) is 4.63. The van der Waals surface area contributed by atoms with Crippen LogP contribution in [0.25, 0.3) is 0 Å². The normalized spacial score (nSPS) is 11.7. The number of amides is 1. The van der Waals surface area contributed by atoms with Crippen LogP contribution < -0.4 is 5.32 Å². The Kier molecular flexibility index (Phi) is 3.97. The van der Waals surface area contributed by atoms with Crippen LogP contribution in [0.4, 0.5) is 18.9 Å². The molecule has 1 N–H and O–H groups in total. The number of carbonyl (C=O) groups excluding carboxylic acids is 1. The number of anilines is 1. The molecule has 2 aromatic rings. The largest absolute Gasteiger partial charge is 0.417 e. The molecule has 1 heterocycles. The lowest BCUT2D eigenvalue weighted by molar-refractivity contribution is -0.137. The summed E-state index contributed by atoms with van der Waals surface area (Å²) in [4.78, 5) is 11.8. The lowest BCUT2D eigenvalue weighted by Gasteiger charge is -2.08. The molecule has 21 heavy (non-hydrogen) atoms. The van der Waals surface area contributed by atoms with Crippen LogP contribution in [-0.2, 0) is 6.18 Å². The zero-order valence-corrected chi connectivity index (χ0v) is 11.2. The summed E-state index contributed by atoms with van der Waals surface area (Å²) >= 11 is 0. The van der Waals surface area contributed by atoms with Gasteiger partial charge in [-0.25, -0.2) is 0 Å². The van der Waals surface area contributed by atoms with Crippen LogP contribution in [0, 0.1) is 0 Å². The third kappa shape index (κ3) is 3.59. The van der Waals surface area contributed by atoms with Gasteiger partial charge in [-0.2, -0.15) is 13.2 Å². The third-order valence-corrected chi connectivity index (χ3v) is 2.58. The summed E-state index contributed by atoms with van der Waals surface area (Å²) < 4.78 is 42.8. The molecule has 2 rings (SSSR count). The van der Waals surface area contributed by atoms with Crippen molar-refractivity contribution in [2.45, 2.75) is 25.9 Å². The highest BCUT2D eigenvalue weighted by Gasteiger charge is 2.30. The van der Waals surface area contributed by atoms with Gasteiger partial charge in [-0.1, -0.05) is 19.9 Å². The Morgan fingerprint density at radius 2 is 2.00 bits per heavy atom. The van der Waals surface area contributed by atoms with Gasteiger partial charge < -0.3 is 9.73 Å². The van der Waals surface area contributed by atoms with Crippen LogP contribution in [0.3, 0.4) is 0 Å². The van der Waals surface area contributed by atoms with E-state index < -0.39 is 17.6 Å². The topological polar surface area (TPSA) is 68.0 Å². The minimum atomic E-state index is -4.48. The fourth-order valence-corrected chi connectivity index (χ4v) is 1.52. The summed E-state index contributed by atoms with van der Waals surface area (Å²) in [5, 5.41) is 9.52. The fraction of sp³-hybridized carbons (Fsp3) is 0.308. The second kappa shape index (κ2) is 5.55. The molecular weight excluding hydrogens is 287 g/mol. The lowest BCUT2D eigenvalue weighted by atomic mass is 10.2. The van der Waals surface area contributed by atoms with Crippen molar-refractivity contribution >= 4 is 11.6 Å². The predicted octanol–water partition coefficient (Wildman–Crippen LogP) is 3.46. The molecule has 5 nitrogen and oxygen atoms in total. The molecule has 0 aliphatic rings. The SMILES string of the molecule is CC(C)c1nnc(C(=O)Nc2cccc(C(F)(F)F)c2)o1. The molecule has 112 valence electrons. The number of hydrogen-bond acceptors (Lipinski definition) is 4. The van der Waals surface area contributed by atoms with Crippen molar-refractivity contribution in [1.29, 1.82) is 0 Å². The van der Waals surface area contributed by atoms with Crippen molar-refractivity contribution in [3.8, 4) is 0 Å². The predicted molar refractivity (Wildman–Crippen MR) is 67.8 cm³/mol. The summed E-state index contributed by atoms with van der Waals surface area (Å²) in [5.41, 5.74) is -0.854. The number of halogens is 3. The van der Waals surface area contributed by atoms with Gasteiger partial charge in [0.1, 0.15) is 0 Å². The average molecular weight is 299 g/mol. The van der Waals surface area contributed by atoms with E-state index >= 15 is 0 Å². The van der Waals surface area contributed by atoms with Crippen molar-refractivity contribution < 1.29 is 22.4 Å². The summed E-state index contributed by atoms with van der Waals surface area (Å²) in [6, 6.07) is 4.29. The first kappa shape index (κ1) is 15.0. The maximum atomic E-state index is 12.6. The molecule has 0 aliphatic carbocycles. The molecule has 0 spiro atoms. The number of carbonyl (C=O) groups is 1. The molecule has 0 saturated carbocycles. The third-order valence-electron chi connectivity index (χ3n) is 2.58. The molecule has 1 aromatic carbocycles. The van der Waals surface area contributed by atoms with Crippen LogP contribution in [0.1, 0.15) is 41.9 Å². The quantitative estimate of drug-likeness (QED) is 0.942. The van der Waals surface area contributed by atoms with Crippen molar-refractivity contribution in [3.05, 3.63) is 41.6 Å². The van der Waals surface area contributed by atoms with Crippen molar-refractivity contribution in [2.75, 3.05) is 5.32 Å². The maximum Gasteiger partial charge on any atom is 0.416 e.